The molecule has 2 N–H and O–H groups in total. The number of nitrogens with zero attached hydrogens (tertiary/aromatic N) is 2. The van der Waals surface area contributed by atoms with E-state index >= 15 is 0 Å². The highest BCUT2D eigenvalue weighted by atomic mass is 32.1. The van der Waals surface area contributed by atoms with Crippen LogP contribution in [0, 0.1) is 3.95 Å². The van der Waals surface area contributed by atoms with Gasteiger partial charge < -0.3 is 14.9 Å². The number of fused-ring (bicyclic) bond motifs is 1. The van der Waals surface area contributed by atoms with Gasteiger partial charge in [-0.05, 0) is 42.6 Å². The van der Waals surface area contributed by atoms with Crippen LogP contribution in [-0.4, -0.2) is 33.6 Å². The van der Waals surface area contributed by atoms with Crippen molar-refractivity contribution in [1.82, 2.24) is 4.57 Å². The van der Waals surface area contributed by atoms with Crippen molar-refractivity contribution in [3.05, 3.63) is 62.9 Å². The molecule has 8 heteroatoms. The van der Waals surface area contributed by atoms with Gasteiger partial charge in [0.2, 0.25) is 5.88 Å². The molecular formula is C20H14N2O4S2. The highest BCUT2D eigenvalue weighted by Gasteiger charge is 2.27. The third-order valence-electron chi connectivity index (χ3n) is 4.29. The van der Waals surface area contributed by atoms with Crippen molar-refractivity contribution in [3.63, 3.8) is 0 Å². The third-order valence-corrected chi connectivity index (χ3v) is 5.60. The van der Waals surface area contributed by atoms with Crippen LogP contribution >= 0.6 is 23.6 Å². The van der Waals surface area contributed by atoms with Crippen LogP contribution in [-0.2, 0) is 4.79 Å². The predicted molar refractivity (Wildman–Crippen MR) is 112 cm³/mol. The van der Waals surface area contributed by atoms with Crippen molar-refractivity contribution >= 4 is 52.6 Å². The molecule has 1 aliphatic heterocycles. The number of aliphatic imine (C=N–C) groups is 1. The molecule has 2 heterocycles. The number of ether oxygens (including phenoxy) is 1. The summed E-state index contributed by atoms with van der Waals surface area (Å²) in [6.45, 7) is 0. The number of para-hydroxylation sites is 1. The maximum Gasteiger partial charge on any atom is 0.355 e. The molecule has 0 spiro atoms. The monoisotopic (exact) mass is 410 g/mol. The maximum absolute atomic E-state index is 11.7. The minimum absolute atomic E-state index is 0.0413. The number of carboxylic acids is 1. The number of aliphatic carboxylic acids is 1. The smallest absolute Gasteiger partial charge is 0.355 e. The minimum Gasteiger partial charge on any atom is -0.497 e. The minimum atomic E-state index is -1.15. The number of aromatic nitrogens is 1. The van der Waals surface area contributed by atoms with Crippen LogP contribution in [0.5, 0.6) is 11.6 Å². The van der Waals surface area contributed by atoms with Crippen molar-refractivity contribution in [3.8, 4) is 17.3 Å². The van der Waals surface area contributed by atoms with Crippen LogP contribution in [0.25, 0.3) is 17.3 Å². The first-order valence-corrected chi connectivity index (χ1v) is 9.44. The van der Waals surface area contributed by atoms with E-state index in [1.807, 2.05) is 30.3 Å². The first kappa shape index (κ1) is 18.1. The normalized spacial score (nSPS) is 14.0. The van der Waals surface area contributed by atoms with Crippen molar-refractivity contribution in [1.29, 1.82) is 0 Å². The molecule has 0 bridgehead atoms. The van der Waals surface area contributed by atoms with Gasteiger partial charge in [-0.15, -0.1) is 11.3 Å². The molecule has 1 aliphatic rings. The summed E-state index contributed by atoms with van der Waals surface area (Å²) in [5.41, 5.74) is 2.22. The van der Waals surface area contributed by atoms with Crippen LogP contribution in [0.4, 0.5) is 5.69 Å². The molecule has 0 amide bonds. The van der Waals surface area contributed by atoms with Crippen LogP contribution in [0.2, 0.25) is 0 Å². The quantitative estimate of drug-likeness (QED) is 0.610. The number of thiazole rings is 1. The summed E-state index contributed by atoms with van der Waals surface area (Å²) >= 11 is 6.60. The van der Waals surface area contributed by atoms with Gasteiger partial charge in [-0.3, -0.25) is 4.57 Å². The third kappa shape index (κ3) is 3.02. The Balaban J connectivity index is 1.87. The zero-order chi connectivity index (χ0) is 19.8. The van der Waals surface area contributed by atoms with Gasteiger partial charge in [0.25, 0.3) is 0 Å². The SMILES string of the molecule is COc1ccc2c(c1)N=C(C(=O)O)/C2=C/c1sc(=S)n(-c2ccccc2)c1O. The first-order chi connectivity index (χ1) is 13.5. The molecule has 0 aliphatic carbocycles. The van der Waals surface area contributed by atoms with Crippen LogP contribution in [0.1, 0.15) is 10.4 Å². The summed E-state index contributed by atoms with van der Waals surface area (Å²) in [4.78, 5) is 16.4. The van der Waals surface area contributed by atoms with Crippen LogP contribution < -0.4 is 4.74 Å². The summed E-state index contributed by atoms with van der Waals surface area (Å²) in [7, 11) is 1.53. The number of carbonyl (C=O) groups is 1. The van der Waals surface area contributed by atoms with Gasteiger partial charge >= 0.3 is 5.97 Å². The van der Waals surface area contributed by atoms with E-state index in [1.165, 1.54) is 18.4 Å². The standard InChI is InChI=1S/C20H14N2O4S2/c1-26-12-7-8-13-14(17(19(24)25)21-15(13)9-12)10-16-18(23)22(20(27)28-16)11-5-3-2-4-6-11/h2-10,23H,1H3,(H,24,25)/b14-10+. The average molecular weight is 410 g/mol. The number of rotatable bonds is 4. The van der Waals surface area contributed by atoms with E-state index in [1.54, 1.807) is 28.8 Å². The molecular weight excluding hydrogens is 396 g/mol. The van der Waals surface area contributed by atoms with Gasteiger partial charge in [-0.2, -0.15) is 0 Å². The number of aromatic hydroxyl groups is 1. The van der Waals surface area contributed by atoms with Gasteiger partial charge in [-0.25, -0.2) is 9.79 Å². The molecule has 0 fully saturated rings. The highest BCUT2D eigenvalue weighted by molar-refractivity contribution is 7.73. The summed E-state index contributed by atoms with van der Waals surface area (Å²) in [6, 6.07) is 14.4. The van der Waals surface area contributed by atoms with E-state index in [4.69, 9.17) is 17.0 Å². The average Bonchev–Trinajstić information content (AvgIpc) is 3.19. The highest BCUT2D eigenvalue weighted by Crippen LogP contribution is 2.40. The van der Waals surface area contributed by atoms with Gasteiger partial charge in [0.05, 0.1) is 23.4 Å². The second-order valence-corrected chi connectivity index (χ2v) is 7.61. The molecule has 0 radical (unpaired) electrons. The first-order valence-electron chi connectivity index (χ1n) is 8.22. The zero-order valence-electron chi connectivity index (χ0n) is 14.6. The van der Waals surface area contributed by atoms with E-state index in [0.29, 0.717) is 31.4 Å². The zero-order valence-corrected chi connectivity index (χ0v) is 16.3. The Bertz CT molecular complexity index is 1210. The van der Waals surface area contributed by atoms with E-state index < -0.39 is 5.97 Å². The topological polar surface area (TPSA) is 84.0 Å². The van der Waals surface area contributed by atoms with E-state index in [0.717, 1.165) is 5.69 Å². The van der Waals surface area contributed by atoms with E-state index in [9.17, 15) is 15.0 Å². The lowest BCUT2D eigenvalue weighted by Gasteiger charge is -2.05. The number of hydrogen-bond acceptors (Lipinski definition) is 6. The number of benzene rings is 2. The Labute approximate surface area is 169 Å². The fraction of sp³-hybridized carbons (Fsp3) is 0.0500. The molecule has 0 saturated heterocycles. The van der Waals surface area contributed by atoms with Gasteiger partial charge in [0.15, 0.2) is 9.67 Å². The molecule has 2 aromatic carbocycles. The summed E-state index contributed by atoms with van der Waals surface area (Å²) in [6.07, 6.45) is 1.61. The fourth-order valence-electron chi connectivity index (χ4n) is 2.99. The number of hydrogen-bond donors (Lipinski definition) is 2. The van der Waals surface area contributed by atoms with Crippen LogP contribution in [0.15, 0.2) is 53.5 Å². The second kappa shape index (κ2) is 7.06. The Kier molecular flexibility index (Phi) is 4.58. The van der Waals surface area contributed by atoms with Crippen molar-refractivity contribution < 1.29 is 19.7 Å². The molecule has 6 nitrogen and oxygen atoms in total. The molecule has 1 aromatic heterocycles. The molecule has 0 unspecified atom stereocenters. The lowest BCUT2D eigenvalue weighted by Crippen LogP contribution is -2.11. The lowest BCUT2D eigenvalue weighted by atomic mass is 10.0. The lowest BCUT2D eigenvalue weighted by molar-refractivity contribution is -0.129. The Morgan fingerprint density at radius 2 is 2.00 bits per heavy atom. The van der Waals surface area contributed by atoms with Crippen LogP contribution in [0.3, 0.4) is 0 Å². The van der Waals surface area contributed by atoms with Gasteiger partial charge in [0.1, 0.15) is 5.75 Å². The van der Waals surface area contributed by atoms with Gasteiger partial charge in [-0.1, -0.05) is 18.2 Å². The van der Waals surface area contributed by atoms with Crippen molar-refractivity contribution in [2.75, 3.05) is 7.11 Å². The maximum atomic E-state index is 11.7. The molecule has 3 aromatic rings. The largest absolute Gasteiger partial charge is 0.497 e. The van der Waals surface area contributed by atoms with Gasteiger partial charge in [0, 0.05) is 17.2 Å². The second-order valence-electron chi connectivity index (χ2n) is 5.93. The van der Waals surface area contributed by atoms with E-state index in [2.05, 4.69) is 4.99 Å². The fourth-order valence-corrected chi connectivity index (χ4v) is 4.28. The summed E-state index contributed by atoms with van der Waals surface area (Å²) in [5.74, 6) is -0.602. The predicted octanol–water partition coefficient (Wildman–Crippen LogP) is 4.69. The summed E-state index contributed by atoms with van der Waals surface area (Å²) in [5, 5.41) is 20.3. The number of methoxy groups -OCH3 is 1. The Morgan fingerprint density at radius 1 is 1.25 bits per heavy atom. The molecule has 28 heavy (non-hydrogen) atoms. The molecule has 4 rings (SSSR count). The Hall–Kier alpha value is -3.23. The summed E-state index contributed by atoms with van der Waals surface area (Å²) < 4.78 is 7.19. The van der Waals surface area contributed by atoms with E-state index in [-0.39, 0.29) is 11.6 Å². The molecule has 0 saturated carbocycles. The Morgan fingerprint density at radius 3 is 2.68 bits per heavy atom. The molecule has 140 valence electrons. The van der Waals surface area contributed by atoms with Crippen molar-refractivity contribution in [2.45, 2.75) is 0 Å². The number of carboxylic acid groups (broad SMARTS) is 1. The van der Waals surface area contributed by atoms with Crippen molar-refractivity contribution in [2.24, 2.45) is 4.99 Å². The molecule has 0 atom stereocenters.